The lowest BCUT2D eigenvalue weighted by Gasteiger charge is -2.30. The van der Waals surface area contributed by atoms with E-state index in [0.29, 0.717) is 6.54 Å². The first-order valence-corrected chi connectivity index (χ1v) is 9.40. The van der Waals surface area contributed by atoms with Crippen molar-refractivity contribution in [2.75, 3.05) is 7.05 Å². The van der Waals surface area contributed by atoms with E-state index in [1.165, 1.54) is 23.5 Å². The van der Waals surface area contributed by atoms with Crippen LogP contribution in [-0.4, -0.2) is 32.8 Å². The van der Waals surface area contributed by atoms with E-state index >= 15 is 0 Å². The van der Waals surface area contributed by atoms with Crippen molar-refractivity contribution in [3.63, 3.8) is 0 Å². The Hall–Kier alpha value is -3.22. The normalized spacial score (nSPS) is 15.6. The van der Waals surface area contributed by atoms with Gasteiger partial charge in [0.05, 0.1) is 18.3 Å². The number of hydrogen-bond acceptors (Lipinski definition) is 5. The van der Waals surface area contributed by atoms with Crippen molar-refractivity contribution in [2.45, 2.75) is 37.6 Å². The summed E-state index contributed by atoms with van der Waals surface area (Å²) in [5.41, 5.74) is 0.914. The SMILES string of the molecule is CNC(=O)c1nn(CC2(c3ccc4ncccc4c3)CCCC2)cc(O)c1=O. The van der Waals surface area contributed by atoms with Crippen molar-refractivity contribution < 1.29 is 9.90 Å². The van der Waals surface area contributed by atoms with Gasteiger partial charge in [0.25, 0.3) is 11.3 Å². The number of nitrogens with zero attached hydrogens (tertiary/aromatic N) is 3. The summed E-state index contributed by atoms with van der Waals surface area (Å²) in [5.74, 6) is -1.07. The zero-order chi connectivity index (χ0) is 19.7. The number of carbonyl (C=O) groups excluding carboxylic acids is 1. The first-order chi connectivity index (χ1) is 13.5. The Balaban J connectivity index is 1.77. The number of rotatable bonds is 4. The highest BCUT2D eigenvalue weighted by Gasteiger charge is 2.36. The van der Waals surface area contributed by atoms with Gasteiger partial charge in [-0.25, -0.2) is 0 Å². The summed E-state index contributed by atoms with van der Waals surface area (Å²) in [6.45, 7) is 0.483. The maximum absolute atomic E-state index is 12.1. The lowest BCUT2D eigenvalue weighted by molar-refractivity contribution is 0.0953. The molecule has 1 aromatic carbocycles. The maximum atomic E-state index is 12.1. The molecule has 7 heteroatoms. The molecule has 0 atom stereocenters. The van der Waals surface area contributed by atoms with Crippen LogP contribution in [-0.2, 0) is 12.0 Å². The minimum Gasteiger partial charge on any atom is -0.503 e. The van der Waals surface area contributed by atoms with E-state index in [9.17, 15) is 14.7 Å². The molecule has 1 saturated carbocycles. The molecule has 1 aliphatic carbocycles. The zero-order valence-electron chi connectivity index (χ0n) is 15.7. The number of aromatic hydroxyl groups is 1. The van der Waals surface area contributed by atoms with Crippen LogP contribution in [0.25, 0.3) is 10.9 Å². The molecule has 144 valence electrons. The highest BCUT2D eigenvalue weighted by atomic mass is 16.3. The molecule has 0 aliphatic heterocycles. The molecule has 2 heterocycles. The van der Waals surface area contributed by atoms with Gasteiger partial charge < -0.3 is 10.4 Å². The summed E-state index contributed by atoms with van der Waals surface area (Å²) in [6, 6.07) is 10.3. The molecule has 28 heavy (non-hydrogen) atoms. The molecular weight excluding hydrogens is 356 g/mol. The van der Waals surface area contributed by atoms with Gasteiger partial charge >= 0.3 is 0 Å². The van der Waals surface area contributed by atoms with Crippen LogP contribution in [0.4, 0.5) is 0 Å². The Bertz CT molecular complexity index is 1100. The minimum absolute atomic E-state index is 0.168. The lowest BCUT2D eigenvalue weighted by Crippen LogP contribution is -2.33. The molecule has 0 spiro atoms. The summed E-state index contributed by atoms with van der Waals surface area (Å²) in [5, 5.41) is 17.7. The average molecular weight is 378 g/mol. The fourth-order valence-corrected chi connectivity index (χ4v) is 4.18. The van der Waals surface area contributed by atoms with Crippen LogP contribution in [0, 0.1) is 0 Å². The van der Waals surface area contributed by atoms with Gasteiger partial charge in [0.1, 0.15) is 0 Å². The van der Waals surface area contributed by atoms with Gasteiger partial charge in [0.2, 0.25) is 0 Å². The van der Waals surface area contributed by atoms with E-state index in [1.807, 2.05) is 18.2 Å². The number of nitrogens with one attached hydrogen (secondary N) is 1. The summed E-state index contributed by atoms with van der Waals surface area (Å²) in [4.78, 5) is 28.4. The summed E-state index contributed by atoms with van der Waals surface area (Å²) >= 11 is 0. The van der Waals surface area contributed by atoms with E-state index in [2.05, 4.69) is 27.5 Å². The minimum atomic E-state index is -0.757. The third-order valence-electron chi connectivity index (χ3n) is 5.63. The second kappa shape index (κ2) is 7.07. The predicted octanol–water partition coefficient (Wildman–Crippen LogP) is 2.37. The van der Waals surface area contributed by atoms with Crippen molar-refractivity contribution in [1.82, 2.24) is 20.1 Å². The van der Waals surface area contributed by atoms with E-state index in [1.54, 1.807) is 6.20 Å². The highest BCUT2D eigenvalue weighted by molar-refractivity contribution is 5.92. The standard InChI is InChI=1S/C21H22N4O3/c1-22-20(28)18-19(27)17(26)12-25(24-18)13-21(8-2-3-9-21)15-6-7-16-14(11-15)5-4-10-23-16/h4-7,10-12,26H,2-3,8-9,13H2,1H3,(H,22,28). The van der Waals surface area contributed by atoms with E-state index in [-0.39, 0.29) is 11.1 Å². The molecule has 4 rings (SSSR count). The van der Waals surface area contributed by atoms with Gasteiger partial charge in [-0.05, 0) is 36.6 Å². The number of aromatic nitrogens is 3. The Morgan fingerprint density at radius 1 is 1.29 bits per heavy atom. The molecule has 0 unspecified atom stereocenters. The summed E-state index contributed by atoms with van der Waals surface area (Å²) < 4.78 is 1.53. The second-order valence-corrected chi connectivity index (χ2v) is 7.37. The molecule has 7 nitrogen and oxygen atoms in total. The fraction of sp³-hybridized carbons (Fsp3) is 0.333. The van der Waals surface area contributed by atoms with Crippen molar-refractivity contribution in [3.8, 4) is 5.75 Å². The molecule has 1 fully saturated rings. The van der Waals surface area contributed by atoms with Crippen LogP contribution in [0.3, 0.4) is 0 Å². The van der Waals surface area contributed by atoms with E-state index in [4.69, 9.17) is 0 Å². The number of hydrogen-bond donors (Lipinski definition) is 2. The zero-order valence-corrected chi connectivity index (χ0v) is 15.7. The number of fused-ring (bicyclic) bond motifs is 1. The van der Waals surface area contributed by atoms with Crippen molar-refractivity contribution in [1.29, 1.82) is 0 Å². The average Bonchev–Trinajstić information content (AvgIpc) is 3.19. The van der Waals surface area contributed by atoms with Crippen LogP contribution in [0.15, 0.2) is 47.5 Å². The maximum Gasteiger partial charge on any atom is 0.275 e. The quantitative estimate of drug-likeness (QED) is 0.726. The first-order valence-electron chi connectivity index (χ1n) is 9.40. The molecular formula is C21H22N4O3. The smallest absolute Gasteiger partial charge is 0.275 e. The molecule has 0 radical (unpaired) electrons. The number of pyridine rings is 1. The monoisotopic (exact) mass is 378 g/mol. The Labute approximate surface area is 162 Å². The van der Waals surface area contributed by atoms with Crippen molar-refractivity contribution in [3.05, 3.63) is 64.2 Å². The molecule has 2 N–H and O–H groups in total. The van der Waals surface area contributed by atoms with Crippen molar-refractivity contribution in [2.24, 2.45) is 0 Å². The van der Waals surface area contributed by atoms with Crippen LogP contribution >= 0.6 is 0 Å². The number of benzene rings is 1. The molecule has 0 bridgehead atoms. The van der Waals surface area contributed by atoms with Crippen LogP contribution < -0.4 is 10.7 Å². The molecule has 3 aromatic rings. The predicted molar refractivity (Wildman–Crippen MR) is 105 cm³/mol. The highest BCUT2D eigenvalue weighted by Crippen LogP contribution is 2.43. The van der Waals surface area contributed by atoms with E-state index < -0.39 is 17.1 Å². The van der Waals surface area contributed by atoms with Crippen LogP contribution in [0.2, 0.25) is 0 Å². The second-order valence-electron chi connectivity index (χ2n) is 7.37. The summed E-state index contributed by atoms with van der Waals surface area (Å²) in [6.07, 6.45) is 7.24. The fourth-order valence-electron chi connectivity index (χ4n) is 4.18. The molecule has 1 aliphatic rings. The molecule has 2 aromatic heterocycles. The Kier molecular flexibility index (Phi) is 4.58. The van der Waals surface area contributed by atoms with Gasteiger partial charge in [-0.1, -0.05) is 25.0 Å². The van der Waals surface area contributed by atoms with Gasteiger partial charge in [0.15, 0.2) is 11.4 Å². The number of amides is 1. The Morgan fingerprint density at radius 2 is 2.07 bits per heavy atom. The molecule has 1 amide bonds. The third-order valence-corrected chi connectivity index (χ3v) is 5.63. The lowest BCUT2D eigenvalue weighted by atomic mass is 9.78. The first kappa shape index (κ1) is 18.2. The number of carbonyl (C=O) groups is 1. The third kappa shape index (κ3) is 3.13. The molecule has 0 saturated heterocycles. The largest absolute Gasteiger partial charge is 0.503 e. The Morgan fingerprint density at radius 3 is 2.82 bits per heavy atom. The van der Waals surface area contributed by atoms with Gasteiger partial charge in [-0.15, -0.1) is 0 Å². The van der Waals surface area contributed by atoms with E-state index in [0.717, 1.165) is 36.6 Å². The van der Waals surface area contributed by atoms with Gasteiger partial charge in [0, 0.05) is 24.0 Å². The van der Waals surface area contributed by atoms with Gasteiger partial charge in [-0.2, -0.15) is 5.10 Å². The van der Waals surface area contributed by atoms with Gasteiger partial charge in [-0.3, -0.25) is 19.3 Å². The van der Waals surface area contributed by atoms with Crippen LogP contribution in [0.1, 0.15) is 41.7 Å². The topological polar surface area (TPSA) is 97.1 Å². The van der Waals surface area contributed by atoms with Crippen LogP contribution in [0.5, 0.6) is 5.75 Å². The van der Waals surface area contributed by atoms with Crippen molar-refractivity contribution >= 4 is 16.8 Å². The summed E-state index contributed by atoms with van der Waals surface area (Å²) in [7, 11) is 1.43.